The average molecular weight is 402 g/mol. The van der Waals surface area contributed by atoms with Crippen molar-refractivity contribution in [1.29, 1.82) is 0 Å². The lowest BCUT2D eigenvalue weighted by Gasteiger charge is -2.35. The predicted molar refractivity (Wildman–Crippen MR) is 114 cm³/mol. The molecule has 1 saturated carbocycles. The number of piperidine rings is 1. The van der Waals surface area contributed by atoms with Gasteiger partial charge in [-0.3, -0.25) is 0 Å². The Morgan fingerprint density at radius 1 is 1.10 bits per heavy atom. The highest BCUT2D eigenvalue weighted by Gasteiger charge is 2.28. The van der Waals surface area contributed by atoms with Gasteiger partial charge in [0, 0.05) is 25.7 Å². The van der Waals surface area contributed by atoms with E-state index in [1.54, 1.807) is 19.0 Å². The molecule has 0 radical (unpaired) electrons. The summed E-state index contributed by atoms with van der Waals surface area (Å²) in [7, 11) is 3.60. The van der Waals surface area contributed by atoms with E-state index in [4.69, 9.17) is 9.47 Å². The maximum atomic E-state index is 11.8. The molecule has 3 aliphatic rings. The van der Waals surface area contributed by atoms with Crippen LogP contribution in [0.2, 0.25) is 0 Å². The summed E-state index contributed by atoms with van der Waals surface area (Å²) in [6.07, 6.45) is 8.40. The topological polar surface area (TPSA) is 54.0 Å². The molecular weight excluding hydrogens is 366 g/mol. The third kappa shape index (κ3) is 4.97. The highest BCUT2D eigenvalue weighted by atomic mass is 16.7. The maximum Gasteiger partial charge on any atom is 0.317 e. The molecule has 0 spiro atoms. The molecule has 0 aromatic heterocycles. The van der Waals surface area contributed by atoms with Gasteiger partial charge in [-0.25, -0.2) is 4.79 Å². The number of ether oxygens (including phenoxy) is 2. The first-order chi connectivity index (χ1) is 14.1. The number of amides is 2. The Hall–Kier alpha value is -1.95. The third-order valence-electron chi connectivity index (χ3n) is 6.89. The Balaban J connectivity index is 1.17. The van der Waals surface area contributed by atoms with Crippen molar-refractivity contribution >= 4 is 6.03 Å². The van der Waals surface area contributed by atoms with Gasteiger partial charge in [0.2, 0.25) is 6.79 Å². The number of hydrogen-bond acceptors (Lipinski definition) is 4. The molecule has 2 amide bonds. The highest BCUT2D eigenvalue weighted by molar-refractivity contribution is 5.73. The Labute approximate surface area is 174 Å². The van der Waals surface area contributed by atoms with Crippen molar-refractivity contribution in [2.75, 3.05) is 40.5 Å². The fourth-order valence-electron chi connectivity index (χ4n) is 5.01. The zero-order valence-corrected chi connectivity index (χ0v) is 17.9. The van der Waals surface area contributed by atoms with Crippen molar-refractivity contribution in [3.05, 3.63) is 23.8 Å². The molecule has 2 aliphatic heterocycles. The van der Waals surface area contributed by atoms with Gasteiger partial charge >= 0.3 is 6.03 Å². The van der Waals surface area contributed by atoms with Gasteiger partial charge in [-0.05, 0) is 82.5 Å². The first kappa shape index (κ1) is 20.3. The van der Waals surface area contributed by atoms with Crippen molar-refractivity contribution < 1.29 is 14.3 Å². The van der Waals surface area contributed by atoms with Gasteiger partial charge in [0.05, 0.1) is 0 Å². The molecule has 0 atom stereocenters. The van der Waals surface area contributed by atoms with Crippen molar-refractivity contribution in [3.63, 3.8) is 0 Å². The molecule has 6 heteroatoms. The van der Waals surface area contributed by atoms with Gasteiger partial charge in [0.15, 0.2) is 11.5 Å². The molecule has 1 aliphatic carbocycles. The van der Waals surface area contributed by atoms with Gasteiger partial charge in [0.1, 0.15) is 0 Å². The van der Waals surface area contributed by atoms with E-state index >= 15 is 0 Å². The molecular formula is C23H35N3O3. The number of likely N-dealkylation sites (tertiary alicyclic amines) is 1. The Morgan fingerprint density at radius 3 is 2.59 bits per heavy atom. The molecule has 1 aromatic rings. The van der Waals surface area contributed by atoms with Gasteiger partial charge in [0.25, 0.3) is 0 Å². The second kappa shape index (κ2) is 9.24. The van der Waals surface area contributed by atoms with E-state index < -0.39 is 0 Å². The van der Waals surface area contributed by atoms with Crippen LogP contribution in [-0.2, 0) is 0 Å². The largest absolute Gasteiger partial charge is 0.454 e. The summed E-state index contributed by atoms with van der Waals surface area (Å²) >= 11 is 0. The summed E-state index contributed by atoms with van der Waals surface area (Å²) < 4.78 is 11.3. The summed E-state index contributed by atoms with van der Waals surface area (Å²) in [4.78, 5) is 16.1. The molecule has 6 nitrogen and oxygen atoms in total. The van der Waals surface area contributed by atoms with Gasteiger partial charge < -0.3 is 24.6 Å². The second-order valence-corrected chi connectivity index (χ2v) is 9.05. The van der Waals surface area contributed by atoms with Crippen LogP contribution in [0.15, 0.2) is 18.2 Å². The van der Waals surface area contributed by atoms with Gasteiger partial charge in [-0.2, -0.15) is 0 Å². The predicted octanol–water partition coefficient (Wildman–Crippen LogP) is 3.81. The highest BCUT2D eigenvalue weighted by Crippen LogP contribution is 2.42. The van der Waals surface area contributed by atoms with E-state index in [-0.39, 0.29) is 6.03 Å². The summed E-state index contributed by atoms with van der Waals surface area (Å²) in [5, 5.41) is 3.14. The van der Waals surface area contributed by atoms with Gasteiger partial charge in [-0.1, -0.05) is 12.1 Å². The number of hydrogen-bond donors (Lipinski definition) is 1. The molecule has 160 valence electrons. The van der Waals surface area contributed by atoms with Crippen LogP contribution in [-0.4, -0.2) is 62.4 Å². The van der Waals surface area contributed by atoms with Crippen LogP contribution < -0.4 is 14.8 Å². The normalized spacial score (nSPS) is 25.0. The first-order valence-electron chi connectivity index (χ1n) is 11.2. The summed E-state index contributed by atoms with van der Waals surface area (Å²) in [5.41, 5.74) is 1.33. The number of para-hydroxylation sites is 1. The Morgan fingerprint density at radius 2 is 1.86 bits per heavy atom. The SMILES string of the molecule is CN(C)C(=O)N[C@H]1CC[C@H](CCN2CCC(c3cccc4c3OCO4)CC2)CC1. The molecule has 0 unspecified atom stereocenters. The number of carbonyl (C=O) groups excluding carboxylic acids is 1. The zero-order chi connectivity index (χ0) is 20.2. The Bertz CT molecular complexity index is 693. The van der Waals surface area contributed by atoms with Crippen molar-refractivity contribution in [1.82, 2.24) is 15.1 Å². The molecule has 2 fully saturated rings. The van der Waals surface area contributed by atoms with Gasteiger partial charge in [-0.15, -0.1) is 0 Å². The quantitative estimate of drug-likeness (QED) is 0.815. The van der Waals surface area contributed by atoms with Crippen LogP contribution in [0.3, 0.4) is 0 Å². The van der Waals surface area contributed by atoms with E-state index in [0.29, 0.717) is 18.8 Å². The fourth-order valence-corrected chi connectivity index (χ4v) is 5.01. The molecule has 1 aromatic carbocycles. The fraction of sp³-hybridized carbons (Fsp3) is 0.696. The van der Waals surface area contributed by atoms with Crippen LogP contribution in [0.1, 0.15) is 56.4 Å². The van der Waals surface area contributed by atoms with E-state index in [1.165, 1.54) is 57.3 Å². The number of fused-ring (bicyclic) bond motifs is 1. The number of carbonyl (C=O) groups is 1. The van der Waals surface area contributed by atoms with Crippen LogP contribution in [0, 0.1) is 5.92 Å². The lowest BCUT2D eigenvalue weighted by Crippen LogP contribution is -2.43. The lowest BCUT2D eigenvalue weighted by molar-refractivity contribution is 0.168. The summed E-state index contributed by atoms with van der Waals surface area (Å²) in [5.74, 6) is 3.27. The first-order valence-corrected chi connectivity index (χ1v) is 11.2. The number of benzene rings is 1. The minimum absolute atomic E-state index is 0.0392. The number of nitrogens with zero attached hydrogens (tertiary/aromatic N) is 2. The summed E-state index contributed by atoms with van der Waals surface area (Å²) in [6, 6.07) is 6.70. The van der Waals surface area contributed by atoms with Crippen LogP contribution >= 0.6 is 0 Å². The molecule has 2 heterocycles. The number of nitrogens with one attached hydrogen (secondary N) is 1. The monoisotopic (exact) mass is 401 g/mol. The van der Waals surface area contributed by atoms with E-state index in [2.05, 4.69) is 22.3 Å². The third-order valence-corrected chi connectivity index (χ3v) is 6.89. The number of urea groups is 1. The van der Waals surface area contributed by atoms with Crippen molar-refractivity contribution in [2.24, 2.45) is 5.92 Å². The van der Waals surface area contributed by atoms with E-state index in [9.17, 15) is 4.79 Å². The minimum Gasteiger partial charge on any atom is -0.454 e. The zero-order valence-electron chi connectivity index (χ0n) is 17.9. The Kier molecular flexibility index (Phi) is 6.48. The molecule has 1 saturated heterocycles. The van der Waals surface area contributed by atoms with E-state index in [0.717, 1.165) is 30.3 Å². The molecule has 1 N–H and O–H groups in total. The average Bonchev–Trinajstić information content (AvgIpc) is 3.22. The van der Waals surface area contributed by atoms with E-state index in [1.807, 2.05) is 6.07 Å². The van der Waals surface area contributed by atoms with Crippen molar-refractivity contribution in [2.45, 2.75) is 56.9 Å². The molecule has 4 rings (SSSR count). The second-order valence-electron chi connectivity index (χ2n) is 9.05. The minimum atomic E-state index is 0.0392. The molecule has 0 bridgehead atoms. The van der Waals surface area contributed by atoms with Crippen LogP contribution in [0.4, 0.5) is 4.79 Å². The smallest absolute Gasteiger partial charge is 0.317 e. The maximum absolute atomic E-state index is 11.8. The van der Waals surface area contributed by atoms with Crippen LogP contribution in [0.25, 0.3) is 0 Å². The van der Waals surface area contributed by atoms with Crippen molar-refractivity contribution in [3.8, 4) is 11.5 Å². The summed E-state index contributed by atoms with van der Waals surface area (Å²) in [6.45, 7) is 3.90. The number of rotatable bonds is 5. The molecule has 29 heavy (non-hydrogen) atoms. The lowest BCUT2D eigenvalue weighted by atomic mass is 9.83. The standard InChI is InChI=1S/C23H35N3O3/c1-25(2)23(27)24-19-8-6-17(7-9-19)10-13-26-14-11-18(12-15-26)20-4-3-5-21-22(20)29-16-28-21/h3-5,17-19H,6-16H2,1-2H3,(H,24,27)/t17-,19-. The van der Waals surface area contributed by atoms with Crippen LogP contribution in [0.5, 0.6) is 11.5 Å².